The van der Waals surface area contributed by atoms with E-state index in [1.54, 1.807) is 0 Å². The first-order valence-corrected chi connectivity index (χ1v) is 4.36. The first kappa shape index (κ1) is 6.38. The van der Waals surface area contributed by atoms with Crippen LogP contribution in [0.1, 0.15) is 32.6 Å². The van der Waals surface area contributed by atoms with Crippen LogP contribution in [0.3, 0.4) is 0 Å². The third-order valence-electron chi connectivity index (χ3n) is 2.76. The van der Waals surface area contributed by atoms with E-state index in [1.165, 1.54) is 31.4 Å². The molecular formula is C9H15N. The zero-order chi connectivity index (χ0) is 6.97. The molecule has 0 aromatic carbocycles. The molecule has 1 unspecified atom stereocenters. The van der Waals surface area contributed by atoms with Crippen LogP contribution < -0.4 is 0 Å². The molecule has 0 amide bonds. The first-order chi connectivity index (χ1) is 4.86. The Hall–Kier alpha value is -0.330. The quantitative estimate of drug-likeness (QED) is 0.525. The van der Waals surface area contributed by atoms with Crippen LogP contribution in [0.15, 0.2) is 4.99 Å². The fourth-order valence-electron chi connectivity index (χ4n) is 1.79. The van der Waals surface area contributed by atoms with Gasteiger partial charge in [0.15, 0.2) is 0 Å². The molecule has 0 aromatic heterocycles. The van der Waals surface area contributed by atoms with Gasteiger partial charge in [-0.15, -0.1) is 0 Å². The Labute approximate surface area is 62.5 Å². The first-order valence-electron chi connectivity index (χ1n) is 4.36. The minimum atomic E-state index is 0.962. The van der Waals surface area contributed by atoms with Crippen LogP contribution in [0.25, 0.3) is 0 Å². The lowest BCUT2D eigenvalue weighted by Crippen LogP contribution is -2.15. The van der Waals surface area contributed by atoms with Gasteiger partial charge in [0.2, 0.25) is 0 Å². The normalized spacial score (nSPS) is 33.7. The second kappa shape index (κ2) is 2.37. The number of hydrogen-bond acceptors (Lipinski definition) is 1. The van der Waals surface area contributed by atoms with Crippen molar-refractivity contribution < 1.29 is 0 Å². The highest BCUT2D eigenvalue weighted by molar-refractivity contribution is 5.82. The molecule has 0 saturated heterocycles. The van der Waals surface area contributed by atoms with Crippen LogP contribution >= 0.6 is 0 Å². The Balaban J connectivity index is 1.91. The molecule has 2 rings (SSSR count). The highest BCUT2D eigenvalue weighted by Crippen LogP contribution is 2.40. The van der Waals surface area contributed by atoms with E-state index in [4.69, 9.17) is 0 Å². The molecule has 1 aliphatic carbocycles. The average Bonchev–Trinajstić information content (AvgIpc) is 2.71. The molecule has 56 valence electrons. The maximum absolute atomic E-state index is 4.49. The number of nitrogens with zero attached hydrogens (tertiary/aromatic N) is 1. The third-order valence-corrected chi connectivity index (χ3v) is 2.76. The van der Waals surface area contributed by atoms with Gasteiger partial charge in [0.25, 0.3) is 0 Å². The SMILES string of the molecule is CC1=NCC(C2CC2)CC1. The molecule has 1 fully saturated rings. The van der Waals surface area contributed by atoms with Crippen molar-refractivity contribution in [1.29, 1.82) is 0 Å². The van der Waals surface area contributed by atoms with E-state index in [1.807, 2.05) is 0 Å². The summed E-state index contributed by atoms with van der Waals surface area (Å²) in [5, 5.41) is 0. The summed E-state index contributed by atoms with van der Waals surface area (Å²) >= 11 is 0. The van der Waals surface area contributed by atoms with Crippen molar-refractivity contribution in [3.05, 3.63) is 0 Å². The molecule has 1 saturated carbocycles. The van der Waals surface area contributed by atoms with Crippen molar-refractivity contribution in [3.63, 3.8) is 0 Å². The van der Waals surface area contributed by atoms with E-state index in [0.717, 1.165) is 18.4 Å². The summed E-state index contributed by atoms with van der Waals surface area (Å²) in [5.41, 5.74) is 1.37. The van der Waals surface area contributed by atoms with Gasteiger partial charge in [-0.25, -0.2) is 0 Å². The monoisotopic (exact) mass is 137 g/mol. The molecule has 0 bridgehead atoms. The van der Waals surface area contributed by atoms with Gasteiger partial charge in [0.05, 0.1) is 0 Å². The predicted octanol–water partition coefficient (Wildman–Crippen LogP) is 2.27. The summed E-state index contributed by atoms with van der Waals surface area (Å²) in [5.74, 6) is 2.03. The molecule has 0 N–H and O–H groups in total. The molecule has 1 aliphatic heterocycles. The Morgan fingerprint density at radius 3 is 2.50 bits per heavy atom. The largest absolute Gasteiger partial charge is 0.294 e. The molecule has 1 atom stereocenters. The van der Waals surface area contributed by atoms with Gasteiger partial charge in [-0.1, -0.05) is 0 Å². The Morgan fingerprint density at radius 1 is 1.20 bits per heavy atom. The molecule has 0 spiro atoms. The van der Waals surface area contributed by atoms with Crippen molar-refractivity contribution in [1.82, 2.24) is 0 Å². The molecule has 0 aromatic rings. The maximum Gasteiger partial charge on any atom is 0.0419 e. The van der Waals surface area contributed by atoms with E-state index in [2.05, 4.69) is 11.9 Å². The fourth-order valence-corrected chi connectivity index (χ4v) is 1.79. The molecule has 2 aliphatic rings. The standard InChI is InChI=1S/C9H15N/c1-7-2-3-9(6-10-7)8-4-5-8/h8-9H,2-6H2,1H3. The Morgan fingerprint density at radius 2 is 2.00 bits per heavy atom. The van der Waals surface area contributed by atoms with Crippen molar-refractivity contribution in [2.45, 2.75) is 32.6 Å². The number of rotatable bonds is 1. The zero-order valence-corrected chi connectivity index (χ0v) is 6.64. The van der Waals surface area contributed by atoms with Crippen molar-refractivity contribution in [2.75, 3.05) is 6.54 Å². The van der Waals surface area contributed by atoms with Gasteiger partial charge in [-0.3, -0.25) is 4.99 Å². The van der Waals surface area contributed by atoms with E-state index >= 15 is 0 Å². The highest BCUT2D eigenvalue weighted by atomic mass is 14.8. The fraction of sp³-hybridized carbons (Fsp3) is 0.889. The Bertz CT molecular complexity index is 156. The molecule has 1 nitrogen and oxygen atoms in total. The van der Waals surface area contributed by atoms with Gasteiger partial charge in [0, 0.05) is 12.3 Å². The van der Waals surface area contributed by atoms with Crippen LogP contribution in [0, 0.1) is 11.8 Å². The topological polar surface area (TPSA) is 12.4 Å². The van der Waals surface area contributed by atoms with Crippen LogP contribution in [-0.4, -0.2) is 12.3 Å². The summed E-state index contributed by atoms with van der Waals surface area (Å²) in [7, 11) is 0. The van der Waals surface area contributed by atoms with Gasteiger partial charge in [-0.05, 0) is 44.4 Å². The average molecular weight is 137 g/mol. The predicted molar refractivity (Wildman–Crippen MR) is 43.4 cm³/mol. The second-order valence-electron chi connectivity index (χ2n) is 3.71. The number of hydrogen-bond donors (Lipinski definition) is 0. The van der Waals surface area contributed by atoms with Crippen molar-refractivity contribution in [3.8, 4) is 0 Å². The minimum absolute atomic E-state index is 0.962. The lowest BCUT2D eigenvalue weighted by atomic mass is 9.94. The van der Waals surface area contributed by atoms with Crippen molar-refractivity contribution in [2.24, 2.45) is 16.8 Å². The summed E-state index contributed by atoms with van der Waals surface area (Å²) in [6.07, 6.45) is 5.65. The highest BCUT2D eigenvalue weighted by Gasteiger charge is 2.31. The van der Waals surface area contributed by atoms with Gasteiger partial charge in [-0.2, -0.15) is 0 Å². The van der Waals surface area contributed by atoms with Crippen LogP contribution in [-0.2, 0) is 0 Å². The molecule has 1 heterocycles. The zero-order valence-electron chi connectivity index (χ0n) is 6.64. The van der Waals surface area contributed by atoms with E-state index in [9.17, 15) is 0 Å². The maximum atomic E-state index is 4.49. The van der Waals surface area contributed by atoms with E-state index < -0.39 is 0 Å². The van der Waals surface area contributed by atoms with Crippen LogP contribution in [0.2, 0.25) is 0 Å². The second-order valence-corrected chi connectivity index (χ2v) is 3.71. The van der Waals surface area contributed by atoms with E-state index in [0.29, 0.717) is 0 Å². The minimum Gasteiger partial charge on any atom is -0.294 e. The summed E-state index contributed by atoms with van der Waals surface area (Å²) in [6.45, 7) is 3.29. The summed E-state index contributed by atoms with van der Waals surface area (Å²) < 4.78 is 0. The van der Waals surface area contributed by atoms with Gasteiger partial charge < -0.3 is 0 Å². The number of aliphatic imine (C=N–C) groups is 1. The smallest absolute Gasteiger partial charge is 0.0419 e. The van der Waals surface area contributed by atoms with Gasteiger partial charge in [0.1, 0.15) is 0 Å². The molecular weight excluding hydrogens is 122 g/mol. The summed E-state index contributed by atoms with van der Waals surface area (Å²) in [4.78, 5) is 4.49. The summed E-state index contributed by atoms with van der Waals surface area (Å²) in [6, 6.07) is 0. The lowest BCUT2D eigenvalue weighted by molar-refractivity contribution is 0.434. The van der Waals surface area contributed by atoms with E-state index in [-0.39, 0.29) is 0 Å². The molecule has 10 heavy (non-hydrogen) atoms. The van der Waals surface area contributed by atoms with Crippen LogP contribution in [0.5, 0.6) is 0 Å². The third kappa shape index (κ3) is 1.23. The van der Waals surface area contributed by atoms with Crippen LogP contribution in [0.4, 0.5) is 0 Å². The van der Waals surface area contributed by atoms with Crippen molar-refractivity contribution >= 4 is 5.71 Å². The van der Waals surface area contributed by atoms with Gasteiger partial charge >= 0.3 is 0 Å². The molecule has 1 heteroatoms. The Kier molecular flexibility index (Phi) is 1.51. The lowest BCUT2D eigenvalue weighted by Gasteiger charge is -2.18. The molecule has 0 radical (unpaired) electrons.